The predicted octanol–water partition coefficient (Wildman–Crippen LogP) is 3.61. The zero-order valence-electron chi connectivity index (χ0n) is 12.5. The molecule has 0 radical (unpaired) electrons. The summed E-state index contributed by atoms with van der Waals surface area (Å²) in [5.41, 5.74) is 3.80. The minimum atomic E-state index is -0.624. The fourth-order valence-electron chi connectivity index (χ4n) is 2.05. The molecule has 1 aromatic heterocycles. The summed E-state index contributed by atoms with van der Waals surface area (Å²) < 4.78 is 5.66. The highest BCUT2D eigenvalue weighted by Crippen LogP contribution is 2.22. The first-order valence-corrected chi connectivity index (χ1v) is 7.99. The minimum absolute atomic E-state index is 0.256. The van der Waals surface area contributed by atoms with Crippen LogP contribution in [0.5, 0.6) is 5.75 Å². The van der Waals surface area contributed by atoms with Gasteiger partial charge in [-0.1, -0.05) is 53.8 Å². The van der Waals surface area contributed by atoms with E-state index in [1.165, 1.54) is 11.3 Å². The molecule has 2 aromatic carbocycles. The van der Waals surface area contributed by atoms with E-state index in [2.05, 4.69) is 15.5 Å². The number of carbonyl (C=O) groups excluding carboxylic acids is 1. The number of ether oxygens (including phenoxy) is 1. The summed E-state index contributed by atoms with van der Waals surface area (Å²) in [6.45, 7) is 1.70. The van der Waals surface area contributed by atoms with Crippen molar-refractivity contribution in [2.24, 2.45) is 0 Å². The number of nitrogens with zero attached hydrogens (tertiary/aromatic N) is 2. The van der Waals surface area contributed by atoms with Crippen LogP contribution in [0, 0.1) is 0 Å². The van der Waals surface area contributed by atoms with Gasteiger partial charge in [0.1, 0.15) is 11.3 Å². The third kappa shape index (κ3) is 3.92. The minimum Gasteiger partial charge on any atom is -0.481 e. The van der Waals surface area contributed by atoms with Crippen LogP contribution in [0.15, 0.2) is 60.1 Å². The third-order valence-electron chi connectivity index (χ3n) is 3.23. The lowest BCUT2D eigenvalue weighted by Crippen LogP contribution is -2.30. The van der Waals surface area contributed by atoms with E-state index in [4.69, 9.17) is 4.74 Å². The molecule has 1 amide bonds. The number of hydrogen-bond acceptors (Lipinski definition) is 5. The molecule has 0 spiro atoms. The number of amides is 1. The van der Waals surface area contributed by atoms with E-state index in [1.54, 1.807) is 12.4 Å². The first-order valence-electron chi connectivity index (χ1n) is 7.11. The highest BCUT2D eigenvalue weighted by molar-refractivity contribution is 7.13. The molecule has 3 aromatic rings. The average molecular weight is 325 g/mol. The summed E-state index contributed by atoms with van der Waals surface area (Å²) in [7, 11) is 0. The van der Waals surface area contributed by atoms with E-state index in [9.17, 15) is 4.79 Å². The molecule has 1 N–H and O–H groups in total. The van der Waals surface area contributed by atoms with E-state index >= 15 is 0 Å². The Bertz CT molecular complexity index is 758. The Morgan fingerprint density at radius 3 is 2.43 bits per heavy atom. The van der Waals surface area contributed by atoms with Crippen LogP contribution in [-0.4, -0.2) is 22.2 Å². The Labute approximate surface area is 138 Å². The molecule has 0 saturated heterocycles. The Balaban J connectivity index is 1.62. The van der Waals surface area contributed by atoms with Crippen molar-refractivity contribution >= 4 is 22.4 Å². The average Bonchev–Trinajstić information content (AvgIpc) is 3.09. The molecule has 0 aliphatic rings. The lowest BCUT2D eigenvalue weighted by atomic mass is 10.1. The maximum Gasteiger partial charge on any atom is 0.266 e. The second kappa shape index (κ2) is 7.02. The van der Waals surface area contributed by atoms with Gasteiger partial charge in [-0.2, -0.15) is 0 Å². The van der Waals surface area contributed by atoms with Crippen LogP contribution in [0.3, 0.4) is 0 Å². The van der Waals surface area contributed by atoms with Crippen LogP contribution in [0.25, 0.3) is 11.1 Å². The highest BCUT2D eigenvalue weighted by atomic mass is 32.1. The second-order valence-electron chi connectivity index (χ2n) is 4.88. The molecule has 0 aliphatic carbocycles. The molecule has 3 rings (SSSR count). The molecular weight excluding hydrogens is 310 g/mol. The summed E-state index contributed by atoms with van der Waals surface area (Å²) in [5.74, 6) is 0.387. The number of nitrogens with one attached hydrogen (secondary N) is 1. The first-order chi connectivity index (χ1) is 11.2. The van der Waals surface area contributed by atoms with Crippen molar-refractivity contribution in [1.82, 2.24) is 10.2 Å². The van der Waals surface area contributed by atoms with Crippen LogP contribution >= 0.6 is 11.3 Å². The van der Waals surface area contributed by atoms with Gasteiger partial charge in [-0.15, -0.1) is 10.2 Å². The lowest BCUT2D eigenvalue weighted by Gasteiger charge is -2.14. The Morgan fingerprint density at radius 1 is 1.09 bits per heavy atom. The Kier molecular flexibility index (Phi) is 4.63. The van der Waals surface area contributed by atoms with Crippen molar-refractivity contribution in [2.75, 3.05) is 5.32 Å². The van der Waals surface area contributed by atoms with E-state index in [-0.39, 0.29) is 5.91 Å². The van der Waals surface area contributed by atoms with Crippen molar-refractivity contribution in [3.05, 3.63) is 60.1 Å². The molecule has 1 heterocycles. The smallest absolute Gasteiger partial charge is 0.266 e. The number of benzene rings is 2. The molecule has 0 unspecified atom stereocenters. The first kappa shape index (κ1) is 15.2. The van der Waals surface area contributed by atoms with Crippen LogP contribution < -0.4 is 10.1 Å². The van der Waals surface area contributed by atoms with Crippen molar-refractivity contribution in [2.45, 2.75) is 13.0 Å². The predicted molar refractivity (Wildman–Crippen MR) is 90.5 cm³/mol. The van der Waals surface area contributed by atoms with Crippen LogP contribution in [0.1, 0.15) is 6.92 Å². The van der Waals surface area contributed by atoms with E-state index in [0.717, 1.165) is 11.1 Å². The highest BCUT2D eigenvalue weighted by Gasteiger charge is 2.16. The molecule has 0 aliphatic heterocycles. The molecule has 0 fully saturated rings. The monoisotopic (exact) mass is 325 g/mol. The molecule has 0 bridgehead atoms. The third-order valence-corrected chi connectivity index (χ3v) is 3.84. The van der Waals surface area contributed by atoms with Gasteiger partial charge in [-0.3, -0.25) is 10.1 Å². The summed E-state index contributed by atoms with van der Waals surface area (Å²) in [4.78, 5) is 12.0. The molecule has 6 heteroatoms. The van der Waals surface area contributed by atoms with Gasteiger partial charge in [0.25, 0.3) is 5.91 Å². The lowest BCUT2D eigenvalue weighted by molar-refractivity contribution is -0.122. The van der Waals surface area contributed by atoms with Crippen molar-refractivity contribution in [3.63, 3.8) is 0 Å². The number of carbonyl (C=O) groups is 1. The van der Waals surface area contributed by atoms with Gasteiger partial charge in [0.15, 0.2) is 6.10 Å². The SMILES string of the molecule is C[C@@H](Oc1ccc(-c2ccccc2)cc1)C(=O)Nc1nncs1. The van der Waals surface area contributed by atoms with Gasteiger partial charge in [0, 0.05) is 0 Å². The van der Waals surface area contributed by atoms with Gasteiger partial charge in [-0.05, 0) is 30.2 Å². The Hall–Kier alpha value is -2.73. The largest absolute Gasteiger partial charge is 0.481 e. The molecule has 116 valence electrons. The molecule has 23 heavy (non-hydrogen) atoms. The number of aromatic nitrogens is 2. The van der Waals surface area contributed by atoms with E-state index < -0.39 is 6.10 Å². The van der Waals surface area contributed by atoms with Crippen LogP contribution in [0.4, 0.5) is 5.13 Å². The summed E-state index contributed by atoms with van der Waals surface area (Å²) in [6, 6.07) is 17.7. The summed E-state index contributed by atoms with van der Waals surface area (Å²) >= 11 is 1.26. The normalized spacial score (nSPS) is 11.7. The standard InChI is InChI=1S/C17H15N3O2S/c1-12(16(21)19-17-20-18-11-23-17)22-15-9-7-14(8-10-15)13-5-3-2-4-6-13/h2-12H,1H3,(H,19,20,21)/t12-/m1/s1. The maximum absolute atomic E-state index is 12.0. The van der Waals surface area contributed by atoms with Crippen LogP contribution in [0.2, 0.25) is 0 Å². The van der Waals surface area contributed by atoms with E-state index in [1.807, 2.05) is 54.6 Å². The van der Waals surface area contributed by atoms with Crippen molar-refractivity contribution in [1.29, 1.82) is 0 Å². The summed E-state index contributed by atoms with van der Waals surface area (Å²) in [6.07, 6.45) is -0.624. The van der Waals surface area contributed by atoms with Crippen LogP contribution in [-0.2, 0) is 4.79 Å². The van der Waals surface area contributed by atoms with Crippen molar-refractivity contribution < 1.29 is 9.53 Å². The summed E-state index contributed by atoms with van der Waals surface area (Å²) in [5, 5.41) is 10.6. The molecule has 1 atom stereocenters. The van der Waals surface area contributed by atoms with Gasteiger partial charge in [-0.25, -0.2) is 0 Å². The number of hydrogen-bond donors (Lipinski definition) is 1. The fourth-order valence-corrected chi connectivity index (χ4v) is 2.50. The quantitative estimate of drug-likeness (QED) is 0.778. The maximum atomic E-state index is 12.0. The number of rotatable bonds is 5. The van der Waals surface area contributed by atoms with Gasteiger partial charge >= 0.3 is 0 Å². The van der Waals surface area contributed by atoms with Gasteiger partial charge < -0.3 is 4.74 Å². The fraction of sp³-hybridized carbons (Fsp3) is 0.118. The van der Waals surface area contributed by atoms with E-state index in [0.29, 0.717) is 10.9 Å². The van der Waals surface area contributed by atoms with Gasteiger partial charge in [0.05, 0.1) is 0 Å². The van der Waals surface area contributed by atoms with Gasteiger partial charge in [0.2, 0.25) is 5.13 Å². The molecular formula is C17H15N3O2S. The number of anilines is 1. The zero-order chi connectivity index (χ0) is 16.1. The Morgan fingerprint density at radius 2 is 1.78 bits per heavy atom. The molecule has 5 nitrogen and oxygen atoms in total. The topological polar surface area (TPSA) is 64.1 Å². The van der Waals surface area contributed by atoms with Crippen molar-refractivity contribution in [3.8, 4) is 16.9 Å². The molecule has 0 saturated carbocycles. The second-order valence-corrected chi connectivity index (χ2v) is 5.72. The zero-order valence-corrected chi connectivity index (χ0v) is 13.3.